The summed E-state index contributed by atoms with van der Waals surface area (Å²) in [6.07, 6.45) is 3.86. The van der Waals surface area contributed by atoms with E-state index in [2.05, 4.69) is 35.1 Å². The number of allylic oxidation sites excluding steroid dienone is 6. The van der Waals surface area contributed by atoms with Crippen molar-refractivity contribution < 1.29 is 38.1 Å². The maximum Gasteiger partial charge on any atom is 0.349 e. The first-order valence-corrected chi connectivity index (χ1v) is 17.1. The van der Waals surface area contributed by atoms with E-state index in [1.165, 1.54) is 0 Å². The molecule has 0 radical (unpaired) electrons. The lowest BCUT2D eigenvalue weighted by Gasteiger charge is -2.45. The van der Waals surface area contributed by atoms with Crippen LogP contribution < -0.4 is 0 Å². The molecular formula is C39H44N6O8. The van der Waals surface area contributed by atoms with E-state index in [4.69, 9.17) is 18.9 Å². The van der Waals surface area contributed by atoms with Crippen LogP contribution in [0.4, 0.5) is 0 Å². The highest BCUT2D eigenvalue weighted by Crippen LogP contribution is 2.46. The smallest absolute Gasteiger partial charge is 0.349 e. The van der Waals surface area contributed by atoms with Crippen molar-refractivity contribution in [2.24, 2.45) is 10.8 Å². The summed E-state index contributed by atoms with van der Waals surface area (Å²) in [4.78, 5) is 52.8. The van der Waals surface area contributed by atoms with Gasteiger partial charge < -0.3 is 28.7 Å². The molecule has 0 unspecified atom stereocenters. The highest BCUT2D eigenvalue weighted by atomic mass is 16.6. The van der Waals surface area contributed by atoms with E-state index in [-0.39, 0.29) is 61.6 Å². The number of hydrogen-bond donors (Lipinski definition) is 0. The Hall–Kier alpha value is -6.12. The van der Waals surface area contributed by atoms with E-state index >= 15 is 0 Å². The summed E-state index contributed by atoms with van der Waals surface area (Å²) in [6, 6.07) is 8.36. The van der Waals surface area contributed by atoms with E-state index in [1.54, 1.807) is 0 Å². The number of nitrogens with zero attached hydrogens (tertiary/aromatic N) is 6. The molecule has 14 nitrogen and oxygen atoms in total. The summed E-state index contributed by atoms with van der Waals surface area (Å²) in [5.74, 6) is -3.05. The summed E-state index contributed by atoms with van der Waals surface area (Å²) in [7, 11) is 0. The lowest BCUT2D eigenvalue weighted by atomic mass is 9.72. The van der Waals surface area contributed by atoms with Gasteiger partial charge in [0.1, 0.15) is 48.6 Å². The van der Waals surface area contributed by atoms with Gasteiger partial charge in [0.15, 0.2) is 0 Å². The van der Waals surface area contributed by atoms with Gasteiger partial charge in [-0.3, -0.25) is 0 Å². The van der Waals surface area contributed by atoms with Gasteiger partial charge in [0.2, 0.25) is 0 Å². The third kappa shape index (κ3) is 10.7. The fourth-order valence-corrected chi connectivity index (χ4v) is 6.58. The molecule has 0 aromatic carbocycles. The molecule has 1 heterocycles. The number of carbonyl (C=O) groups is 4. The zero-order valence-electron chi connectivity index (χ0n) is 30.7. The number of rotatable bonds is 13. The average Bonchev–Trinajstić information content (AvgIpc) is 3.12. The van der Waals surface area contributed by atoms with Crippen molar-refractivity contribution in [2.45, 2.75) is 59.8 Å². The maximum absolute atomic E-state index is 13.1. The Labute approximate surface area is 310 Å². The predicted molar refractivity (Wildman–Crippen MR) is 189 cm³/mol. The number of ether oxygens (including phenoxy) is 4. The summed E-state index contributed by atoms with van der Waals surface area (Å²) < 4.78 is 20.2. The molecule has 53 heavy (non-hydrogen) atoms. The Balaban J connectivity index is 1.89. The summed E-state index contributed by atoms with van der Waals surface area (Å²) in [6.45, 7) is 15.8. The fourth-order valence-electron chi connectivity index (χ4n) is 6.58. The van der Waals surface area contributed by atoms with Crippen LogP contribution in [-0.2, 0) is 38.1 Å². The standard InChI is InChI=1S/C39H44N6O8/c1-7-34(46)50-14-9-15-52-36(48)30(24-42)26-18-38(3,4)20-32(28(26)22-40)44-10-12-45(13-11-44)33-21-39(5,6)19-27(29(33)23-41)31(25-43)37(49)53-17-16-51-35(47)8-2/h7-8H,1-2,9-21H2,3-6H3/b30-26+,31-27+. The minimum atomic E-state index is -0.916. The topological polar surface area (TPSA) is 207 Å². The SMILES string of the molecule is C=CC(=O)OCCCOC(=O)/C(C#N)=C1\CC(C)(C)CC(N2CCN(C3=C(C#N)/C(=C(\C#N)C(=O)OCCOC(=O)C=C)CC(C)(C)C3)CC2)=C1C#N. The zero-order valence-corrected chi connectivity index (χ0v) is 30.7. The summed E-state index contributed by atoms with van der Waals surface area (Å²) in [5.41, 5.74) is 1.18. The molecular weight excluding hydrogens is 680 g/mol. The van der Waals surface area contributed by atoms with Gasteiger partial charge in [-0.25, -0.2) is 19.2 Å². The first kappa shape index (κ1) is 41.3. The van der Waals surface area contributed by atoms with Gasteiger partial charge in [-0.2, -0.15) is 21.0 Å². The third-order valence-electron chi connectivity index (χ3n) is 8.95. The van der Waals surface area contributed by atoms with Crippen LogP contribution in [0.1, 0.15) is 59.8 Å². The highest BCUT2D eigenvalue weighted by molar-refractivity contribution is 5.96. The van der Waals surface area contributed by atoms with Crippen LogP contribution in [0.25, 0.3) is 0 Å². The molecule has 0 spiro atoms. The minimum absolute atomic E-state index is 0.00752. The molecule has 3 aliphatic rings. The molecule has 0 N–H and O–H groups in total. The number of esters is 4. The number of piperazine rings is 1. The van der Waals surface area contributed by atoms with Gasteiger partial charge in [-0.1, -0.05) is 40.9 Å². The first-order valence-electron chi connectivity index (χ1n) is 17.1. The van der Waals surface area contributed by atoms with Crippen LogP contribution in [0.15, 0.2) is 70.1 Å². The fraction of sp³-hybridized carbons (Fsp3) is 0.487. The van der Waals surface area contributed by atoms with Crippen molar-refractivity contribution in [3.05, 3.63) is 70.1 Å². The second-order valence-electron chi connectivity index (χ2n) is 14.2. The molecule has 0 aromatic rings. The Morgan fingerprint density at radius 3 is 1.36 bits per heavy atom. The van der Waals surface area contributed by atoms with Crippen molar-refractivity contribution in [3.8, 4) is 24.3 Å². The van der Waals surface area contributed by atoms with Crippen LogP contribution >= 0.6 is 0 Å². The van der Waals surface area contributed by atoms with Crippen LogP contribution in [0.3, 0.4) is 0 Å². The van der Waals surface area contributed by atoms with Gasteiger partial charge in [0, 0.05) is 56.1 Å². The van der Waals surface area contributed by atoms with Gasteiger partial charge in [-0.05, 0) is 47.7 Å². The van der Waals surface area contributed by atoms with E-state index < -0.39 is 34.7 Å². The van der Waals surface area contributed by atoms with E-state index in [0.717, 1.165) is 12.2 Å². The summed E-state index contributed by atoms with van der Waals surface area (Å²) in [5, 5.41) is 40.8. The average molecular weight is 725 g/mol. The molecule has 278 valence electrons. The molecule has 1 saturated heterocycles. The molecule has 3 rings (SSSR count). The Morgan fingerprint density at radius 1 is 0.623 bits per heavy atom. The van der Waals surface area contributed by atoms with Crippen molar-refractivity contribution in [3.63, 3.8) is 0 Å². The second kappa shape index (κ2) is 18.4. The normalized spacial score (nSPS) is 19.6. The largest absolute Gasteiger partial charge is 0.462 e. The van der Waals surface area contributed by atoms with Gasteiger partial charge >= 0.3 is 23.9 Å². The number of carbonyl (C=O) groups excluding carboxylic acids is 4. The molecule has 0 aromatic heterocycles. The molecule has 2 aliphatic carbocycles. The minimum Gasteiger partial charge on any atom is -0.462 e. The van der Waals surface area contributed by atoms with Gasteiger partial charge in [-0.15, -0.1) is 0 Å². The van der Waals surface area contributed by atoms with Crippen LogP contribution in [-0.4, -0.2) is 86.3 Å². The van der Waals surface area contributed by atoms with Gasteiger partial charge in [0.25, 0.3) is 0 Å². The molecule has 0 bridgehead atoms. The van der Waals surface area contributed by atoms with E-state index in [0.29, 0.717) is 68.0 Å². The molecule has 1 fully saturated rings. The Morgan fingerprint density at radius 2 is 0.981 bits per heavy atom. The molecule has 0 atom stereocenters. The first-order chi connectivity index (χ1) is 25.1. The molecule has 1 aliphatic heterocycles. The van der Waals surface area contributed by atoms with Crippen LogP contribution in [0.2, 0.25) is 0 Å². The monoisotopic (exact) mass is 724 g/mol. The third-order valence-corrected chi connectivity index (χ3v) is 8.95. The second-order valence-corrected chi connectivity index (χ2v) is 14.2. The lowest BCUT2D eigenvalue weighted by molar-refractivity contribution is -0.146. The Kier molecular flexibility index (Phi) is 14.3. The quantitative estimate of drug-likeness (QED) is 0.0850. The van der Waals surface area contributed by atoms with Crippen LogP contribution in [0.5, 0.6) is 0 Å². The van der Waals surface area contributed by atoms with E-state index in [1.807, 2.05) is 39.8 Å². The Bertz CT molecular complexity index is 1830. The van der Waals surface area contributed by atoms with Crippen molar-refractivity contribution >= 4 is 23.9 Å². The van der Waals surface area contributed by atoms with Crippen molar-refractivity contribution in [1.82, 2.24) is 9.80 Å². The van der Waals surface area contributed by atoms with Gasteiger partial charge in [0.05, 0.1) is 24.4 Å². The van der Waals surface area contributed by atoms with Crippen molar-refractivity contribution in [1.29, 1.82) is 21.0 Å². The molecule has 0 saturated carbocycles. The lowest BCUT2D eigenvalue weighted by Crippen LogP contribution is -2.48. The highest BCUT2D eigenvalue weighted by Gasteiger charge is 2.40. The zero-order chi connectivity index (χ0) is 39.3. The number of hydrogen-bond acceptors (Lipinski definition) is 14. The molecule has 0 amide bonds. The maximum atomic E-state index is 13.1. The van der Waals surface area contributed by atoms with Crippen molar-refractivity contribution in [2.75, 3.05) is 52.6 Å². The summed E-state index contributed by atoms with van der Waals surface area (Å²) >= 11 is 0. The number of nitriles is 4. The predicted octanol–water partition coefficient (Wildman–Crippen LogP) is 4.37. The van der Waals surface area contributed by atoms with Crippen LogP contribution in [0, 0.1) is 56.2 Å². The molecule has 14 heteroatoms. The van der Waals surface area contributed by atoms with E-state index in [9.17, 15) is 40.2 Å².